The van der Waals surface area contributed by atoms with Gasteiger partial charge in [0.1, 0.15) is 12.0 Å². The molecule has 2 rings (SSSR count). The molecule has 6 nitrogen and oxygen atoms in total. The molecule has 1 aromatic heterocycles. The van der Waals surface area contributed by atoms with Gasteiger partial charge in [-0.15, -0.1) is 12.4 Å². The summed E-state index contributed by atoms with van der Waals surface area (Å²) in [6.07, 6.45) is 1.38. The highest BCUT2D eigenvalue weighted by atomic mass is 35.5. The maximum absolute atomic E-state index is 11.9. The minimum absolute atomic E-state index is 0. The third kappa shape index (κ3) is 5.12. The number of esters is 1. The van der Waals surface area contributed by atoms with Crippen molar-refractivity contribution in [1.29, 1.82) is 0 Å². The molecule has 0 saturated heterocycles. The van der Waals surface area contributed by atoms with Crippen LogP contribution in [0.5, 0.6) is 0 Å². The van der Waals surface area contributed by atoms with Gasteiger partial charge >= 0.3 is 5.97 Å². The Morgan fingerprint density at radius 3 is 2.48 bits per heavy atom. The molecule has 124 valence electrons. The highest BCUT2D eigenvalue weighted by molar-refractivity contribution is 5.94. The van der Waals surface area contributed by atoms with Crippen LogP contribution < -0.4 is 11.1 Å². The minimum atomic E-state index is -0.356. The highest BCUT2D eigenvalue weighted by Crippen LogP contribution is 2.09. The van der Waals surface area contributed by atoms with Crippen molar-refractivity contribution in [2.24, 2.45) is 5.73 Å². The largest absolute Gasteiger partial charge is 0.467 e. The Kier molecular flexibility index (Phi) is 7.31. The highest BCUT2D eigenvalue weighted by Gasteiger charge is 2.10. The molecule has 0 aliphatic rings. The summed E-state index contributed by atoms with van der Waals surface area (Å²) >= 11 is 0. The van der Waals surface area contributed by atoms with E-state index in [1.54, 1.807) is 37.3 Å². The quantitative estimate of drug-likeness (QED) is 0.788. The molecule has 1 heterocycles. The number of hydrogen-bond donors (Lipinski definition) is 2. The van der Waals surface area contributed by atoms with Crippen molar-refractivity contribution in [1.82, 2.24) is 5.32 Å². The molecule has 0 bridgehead atoms. The predicted molar refractivity (Wildman–Crippen MR) is 87.4 cm³/mol. The number of hydrogen-bond acceptors (Lipinski definition) is 5. The molecule has 0 radical (unpaired) electrons. The fourth-order valence-corrected chi connectivity index (χ4v) is 1.86. The zero-order valence-electron chi connectivity index (χ0n) is 12.7. The number of furan rings is 1. The summed E-state index contributed by atoms with van der Waals surface area (Å²) in [6, 6.07) is 8.49. The third-order valence-corrected chi connectivity index (χ3v) is 3.04. The first kappa shape index (κ1) is 18.7. The van der Waals surface area contributed by atoms with Gasteiger partial charge in [-0.3, -0.25) is 4.79 Å². The predicted octanol–water partition coefficient (Wildman–Crippen LogP) is 2.27. The molecule has 7 heteroatoms. The van der Waals surface area contributed by atoms with Crippen LogP contribution in [0.25, 0.3) is 0 Å². The smallest absolute Gasteiger partial charge is 0.338 e. The Morgan fingerprint density at radius 1 is 1.22 bits per heavy atom. The zero-order valence-corrected chi connectivity index (χ0v) is 13.5. The maximum Gasteiger partial charge on any atom is 0.338 e. The van der Waals surface area contributed by atoms with Crippen LogP contribution in [-0.4, -0.2) is 18.5 Å². The fourth-order valence-electron chi connectivity index (χ4n) is 1.86. The molecule has 0 spiro atoms. The molecule has 3 N–H and O–H groups in total. The van der Waals surface area contributed by atoms with E-state index in [1.807, 2.05) is 0 Å². The first-order valence-corrected chi connectivity index (χ1v) is 6.95. The average molecular weight is 339 g/mol. The van der Waals surface area contributed by atoms with Crippen molar-refractivity contribution in [2.45, 2.75) is 20.0 Å². The summed E-state index contributed by atoms with van der Waals surface area (Å²) in [7, 11) is 0. The Bertz CT molecular complexity index is 652. The van der Waals surface area contributed by atoms with Gasteiger partial charge in [-0.1, -0.05) is 12.1 Å². The Morgan fingerprint density at radius 2 is 1.91 bits per heavy atom. The number of nitrogens with one attached hydrogen (secondary N) is 1. The summed E-state index contributed by atoms with van der Waals surface area (Å²) in [5.41, 5.74) is 7.22. The fraction of sp³-hybridized carbons (Fsp3) is 0.250. The normalized spacial score (nSPS) is 9.83. The lowest BCUT2D eigenvalue weighted by Gasteiger charge is -2.05. The summed E-state index contributed by atoms with van der Waals surface area (Å²) in [4.78, 5) is 23.4. The standard InChI is InChI=1S/C16H18N2O4.ClH/c1-2-21-16(20)12-5-3-11(4-6-12)9-18-15(19)13-7-14(8-17)22-10-13;/h3-7,10H,2,8-9,17H2,1H3,(H,18,19);1H. The topological polar surface area (TPSA) is 94.6 Å². The van der Waals surface area contributed by atoms with Crippen molar-refractivity contribution in [2.75, 3.05) is 6.61 Å². The van der Waals surface area contributed by atoms with E-state index in [-0.39, 0.29) is 30.8 Å². The van der Waals surface area contributed by atoms with Gasteiger partial charge in [0.25, 0.3) is 5.91 Å². The molecular formula is C16H19ClN2O4. The van der Waals surface area contributed by atoms with Gasteiger partial charge in [0.2, 0.25) is 0 Å². The van der Waals surface area contributed by atoms with E-state index < -0.39 is 0 Å². The Balaban J connectivity index is 0.00000264. The van der Waals surface area contributed by atoms with Gasteiger partial charge in [-0.05, 0) is 30.7 Å². The molecule has 0 saturated carbocycles. The van der Waals surface area contributed by atoms with Crippen LogP contribution in [0.3, 0.4) is 0 Å². The van der Waals surface area contributed by atoms with Crippen LogP contribution in [0.2, 0.25) is 0 Å². The summed E-state index contributed by atoms with van der Waals surface area (Å²) in [6.45, 7) is 2.70. The second kappa shape index (κ2) is 8.97. The Hall–Kier alpha value is -2.31. The van der Waals surface area contributed by atoms with E-state index in [2.05, 4.69) is 5.32 Å². The molecule has 2 aromatic rings. The number of benzene rings is 1. The molecule has 0 aliphatic heterocycles. The van der Waals surface area contributed by atoms with Gasteiger partial charge < -0.3 is 20.2 Å². The summed E-state index contributed by atoms with van der Waals surface area (Å²) in [5, 5.41) is 2.77. The first-order valence-electron chi connectivity index (χ1n) is 6.95. The summed E-state index contributed by atoms with van der Waals surface area (Å²) in [5.74, 6) is -0.0346. The summed E-state index contributed by atoms with van der Waals surface area (Å²) < 4.78 is 10.0. The minimum Gasteiger partial charge on any atom is -0.467 e. The second-order valence-electron chi connectivity index (χ2n) is 4.61. The number of carbonyl (C=O) groups is 2. The lowest BCUT2D eigenvalue weighted by Crippen LogP contribution is -2.22. The number of carbonyl (C=O) groups excluding carboxylic acids is 2. The number of rotatable bonds is 6. The molecule has 1 amide bonds. The van der Waals surface area contributed by atoms with Gasteiger partial charge in [0.05, 0.1) is 24.3 Å². The van der Waals surface area contributed by atoms with Crippen LogP contribution in [-0.2, 0) is 17.8 Å². The van der Waals surface area contributed by atoms with E-state index in [0.29, 0.717) is 30.0 Å². The van der Waals surface area contributed by atoms with E-state index in [4.69, 9.17) is 14.9 Å². The van der Waals surface area contributed by atoms with E-state index in [9.17, 15) is 9.59 Å². The van der Waals surface area contributed by atoms with E-state index in [1.165, 1.54) is 6.26 Å². The second-order valence-corrected chi connectivity index (χ2v) is 4.61. The van der Waals surface area contributed by atoms with Gasteiger partial charge in [0, 0.05) is 6.54 Å². The number of halogens is 1. The molecule has 0 aliphatic carbocycles. The SMILES string of the molecule is CCOC(=O)c1ccc(CNC(=O)c2coc(CN)c2)cc1.Cl. The number of amides is 1. The van der Waals surface area contributed by atoms with Crippen molar-refractivity contribution in [3.05, 3.63) is 59.0 Å². The first-order chi connectivity index (χ1) is 10.6. The van der Waals surface area contributed by atoms with Gasteiger partial charge in [-0.25, -0.2) is 4.79 Å². The third-order valence-electron chi connectivity index (χ3n) is 3.04. The molecule has 0 atom stereocenters. The average Bonchev–Trinajstić information content (AvgIpc) is 3.02. The monoisotopic (exact) mass is 338 g/mol. The molecule has 0 unspecified atom stereocenters. The van der Waals surface area contributed by atoms with Crippen molar-refractivity contribution in [3.8, 4) is 0 Å². The van der Waals surface area contributed by atoms with Gasteiger partial charge in [-0.2, -0.15) is 0 Å². The van der Waals surface area contributed by atoms with Gasteiger partial charge in [0.15, 0.2) is 0 Å². The lowest BCUT2D eigenvalue weighted by molar-refractivity contribution is 0.0526. The molecule has 0 fully saturated rings. The molecule has 23 heavy (non-hydrogen) atoms. The van der Waals surface area contributed by atoms with Crippen LogP contribution in [0.4, 0.5) is 0 Å². The lowest BCUT2D eigenvalue weighted by atomic mass is 10.1. The Labute approximate surface area is 140 Å². The molecule has 1 aromatic carbocycles. The van der Waals surface area contributed by atoms with E-state index in [0.717, 1.165) is 5.56 Å². The van der Waals surface area contributed by atoms with Crippen LogP contribution in [0.15, 0.2) is 41.0 Å². The molecular weight excluding hydrogens is 320 g/mol. The van der Waals surface area contributed by atoms with E-state index >= 15 is 0 Å². The van der Waals surface area contributed by atoms with Crippen molar-refractivity contribution in [3.63, 3.8) is 0 Å². The van der Waals surface area contributed by atoms with Crippen molar-refractivity contribution >= 4 is 24.3 Å². The maximum atomic E-state index is 11.9. The number of ether oxygens (including phenoxy) is 1. The van der Waals surface area contributed by atoms with Crippen molar-refractivity contribution < 1.29 is 18.7 Å². The van der Waals surface area contributed by atoms with Crippen LogP contribution in [0, 0.1) is 0 Å². The zero-order chi connectivity index (χ0) is 15.9. The van der Waals surface area contributed by atoms with Crippen LogP contribution in [0.1, 0.15) is 39.0 Å². The number of nitrogens with two attached hydrogens (primary N) is 1. The van der Waals surface area contributed by atoms with Crippen LogP contribution >= 0.6 is 12.4 Å².